The van der Waals surface area contributed by atoms with Gasteiger partial charge in [-0.1, -0.05) is 18.2 Å². The van der Waals surface area contributed by atoms with Crippen LogP contribution in [0.15, 0.2) is 42.7 Å². The average Bonchev–Trinajstić information content (AvgIpc) is 3.41. The van der Waals surface area contributed by atoms with E-state index in [1.165, 1.54) is 29.1 Å². The summed E-state index contributed by atoms with van der Waals surface area (Å²) in [6, 6.07) is 10.8. The van der Waals surface area contributed by atoms with E-state index in [0.29, 0.717) is 0 Å². The number of nitrogens with one attached hydrogen (secondary N) is 1. The zero-order chi connectivity index (χ0) is 18.2. The summed E-state index contributed by atoms with van der Waals surface area (Å²) in [5.41, 5.74) is 5.28. The number of imidazole rings is 1. The van der Waals surface area contributed by atoms with E-state index in [9.17, 15) is 0 Å². The molecule has 1 saturated heterocycles. The third-order valence-electron chi connectivity index (χ3n) is 5.88. The first-order chi connectivity index (χ1) is 13.3. The second-order valence-corrected chi connectivity index (χ2v) is 7.56. The summed E-state index contributed by atoms with van der Waals surface area (Å²) >= 11 is 0. The van der Waals surface area contributed by atoms with Gasteiger partial charge in [0, 0.05) is 51.3 Å². The first-order valence-corrected chi connectivity index (χ1v) is 9.88. The highest BCUT2D eigenvalue weighted by atomic mass is 15.3. The van der Waals surface area contributed by atoms with Gasteiger partial charge in [-0.3, -0.25) is 4.90 Å². The quantitative estimate of drug-likeness (QED) is 0.773. The molecule has 1 aliphatic carbocycles. The number of aryl methyl sites for hydroxylation is 1. The van der Waals surface area contributed by atoms with Crippen LogP contribution in [0.3, 0.4) is 0 Å². The highest BCUT2D eigenvalue weighted by Crippen LogP contribution is 2.30. The molecule has 0 saturated carbocycles. The maximum Gasteiger partial charge on any atom is 0.127 e. The molecule has 6 heteroatoms. The molecule has 0 spiro atoms. The molecule has 140 valence electrons. The Morgan fingerprint density at radius 2 is 2.07 bits per heavy atom. The van der Waals surface area contributed by atoms with Crippen LogP contribution < -0.4 is 5.32 Å². The summed E-state index contributed by atoms with van der Waals surface area (Å²) in [6.45, 7) is 3.86. The largest absolute Gasteiger partial charge is 0.337 e. The van der Waals surface area contributed by atoms with E-state index in [1.54, 1.807) is 0 Å². The lowest BCUT2D eigenvalue weighted by Crippen LogP contribution is -2.46. The lowest BCUT2D eigenvalue weighted by molar-refractivity contribution is 0.142. The molecule has 1 unspecified atom stereocenters. The van der Waals surface area contributed by atoms with Crippen LogP contribution in [0, 0.1) is 0 Å². The highest BCUT2D eigenvalue weighted by Gasteiger charge is 2.30. The Hall–Kier alpha value is -2.44. The molecular weight excluding hydrogens is 336 g/mol. The topological polar surface area (TPSA) is 50.9 Å². The Bertz CT molecular complexity index is 926. The number of rotatable bonds is 4. The molecule has 2 aromatic heterocycles. The van der Waals surface area contributed by atoms with Crippen molar-refractivity contribution in [3.63, 3.8) is 0 Å². The fraction of sp³-hybridized carbons (Fsp3) is 0.429. The van der Waals surface area contributed by atoms with Crippen LogP contribution in [0.1, 0.15) is 35.2 Å². The van der Waals surface area contributed by atoms with Crippen molar-refractivity contribution >= 4 is 0 Å². The second-order valence-electron chi connectivity index (χ2n) is 7.56. The van der Waals surface area contributed by atoms with Gasteiger partial charge >= 0.3 is 0 Å². The Kier molecular flexibility index (Phi) is 4.30. The number of hydrogen-bond acceptors (Lipinski definition) is 4. The normalized spacial score (nSPS) is 20.1. The average molecular weight is 362 g/mol. The fourth-order valence-corrected chi connectivity index (χ4v) is 4.50. The maximum atomic E-state index is 5.06. The van der Waals surface area contributed by atoms with Crippen LogP contribution in [-0.2, 0) is 26.4 Å². The summed E-state index contributed by atoms with van der Waals surface area (Å²) in [4.78, 5) is 7.15. The molecule has 0 bridgehead atoms. The van der Waals surface area contributed by atoms with Crippen LogP contribution in [-0.4, -0.2) is 43.9 Å². The minimum Gasteiger partial charge on any atom is -0.337 e. The van der Waals surface area contributed by atoms with Crippen molar-refractivity contribution in [2.75, 3.05) is 19.6 Å². The molecule has 3 heterocycles. The van der Waals surface area contributed by atoms with Crippen molar-refractivity contribution in [1.82, 2.24) is 29.5 Å². The van der Waals surface area contributed by atoms with Crippen molar-refractivity contribution in [3.8, 4) is 5.69 Å². The van der Waals surface area contributed by atoms with Gasteiger partial charge in [-0.2, -0.15) is 5.10 Å². The SMILES string of the molecule is Cn1ccnc1C1CNCCN1Cc1nn(-c2ccccc2)c2c1CCC2. The van der Waals surface area contributed by atoms with Gasteiger partial charge in [0.25, 0.3) is 0 Å². The van der Waals surface area contributed by atoms with Gasteiger partial charge in [0.05, 0.1) is 17.4 Å². The van der Waals surface area contributed by atoms with Crippen LogP contribution in [0.4, 0.5) is 0 Å². The molecule has 1 aliphatic heterocycles. The second kappa shape index (κ2) is 6.94. The first-order valence-electron chi connectivity index (χ1n) is 9.88. The van der Waals surface area contributed by atoms with E-state index >= 15 is 0 Å². The summed E-state index contributed by atoms with van der Waals surface area (Å²) < 4.78 is 4.31. The predicted molar refractivity (Wildman–Crippen MR) is 105 cm³/mol. The molecule has 0 amide bonds. The molecule has 3 aromatic rings. The van der Waals surface area contributed by atoms with E-state index in [2.05, 4.69) is 61.8 Å². The molecule has 27 heavy (non-hydrogen) atoms. The van der Waals surface area contributed by atoms with Gasteiger partial charge in [0.15, 0.2) is 0 Å². The zero-order valence-corrected chi connectivity index (χ0v) is 15.8. The van der Waals surface area contributed by atoms with Gasteiger partial charge < -0.3 is 9.88 Å². The molecule has 6 nitrogen and oxygen atoms in total. The number of benzene rings is 1. The molecule has 2 aliphatic rings. The van der Waals surface area contributed by atoms with Crippen LogP contribution >= 0.6 is 0 Å². The number of fused-ring (bicyclic) bond motifs is 1. The van der Waals surface area contributed by atoms with Gasteiger partial charge in [-0.05, 0) is 37.0 Å². The Balaban J connectivity index is 1.47. The monoisotopic (exact) mass is 362 g/mol. The number of para-hydroxylation sites is 1. The molecule has 5 rings (SSSR count). The van der Waals surface area contributed by atoms with Crippen molar-refractivity contribution in [1.29, 1.82) is 0 Å². The number of piperazine rings is 1. The minimum absolute atomic E-state index is 0.290. The van der Waals surface area contributed by atoms with Crippen molar-refractivity contribution in [2.24, 2.45) is 7.05 Å². The van der Waals surface area contributed by atoms with Crippen LogP contribution in [0.2, 0.25) is 0 Å². The molecule has 1 atom stereocenters. The lowest BCUT2D eigenvalue weighted by atomic mass is 10.1. The molecule has 1 aromatic carbocycles. The first kappa shape index (κ1) is 16.7. The highest BCUT2D eigenvalue weighted by molar-refractivity contribution is 5.40. The third kappa shape index (κ3) is 2.99. The standard InChI is InChI=1S/C21H26N6/c1-25-12-11-23-21(25)20-14-22-10-13-26(20)15-18-17-8-5-9-19(17)27(24-18)16-6-3-2-4-7-16/h2-4,6-7,11-12,20,22H,5,8-10,13-15H2,1H3. The molecule has 1 N–H and O–H groups in total. The maximum absolute atomic E-state index is 5.06. The molecule has 1 fully saturated rings. The van der Waals surface area contributed by atoms with E-state index in [1.807, 2.05) is 12.4 Å². The summed E-state index contributed by atoms with van der Waals surface area (Å²) in [7, 11) is 2.08. The van der Waals surface area contributed by atoms with Crippen LogP contribution in [0.25, 0.3) is 5.69 Å². The van der Waals surface area contributed by atoms with Gasteiger partial charge in [0.2, 0.25) is 0 Å². The minimum atomic E-state index is 0.290. The molecule has 0 radical (unpaired) electrons. The smallest absolute Gasteiger partial charge is 0.127 e. The number of nitrogens with zero attached hydrogens (tertiary/aromatic N) is 5. The van der Waals surface area contributed by atoms with Gasteiger partial charge in [0.1, 0.15) is 5.82 Å². The lowest BCUT2D eigenvalue weighted by Gasteiger charge is -2.35. The fourth-order valence-electron chi connectivity index (χ4n) is 4.50. The predicted octanol–water partition coefficient (Wildman–Crippen LogP) is 2.24. The van der Waals surface area contributed by atoms with Gasteiger partial charge in [-0.25, -0.2) is 9.67 Å². The van der Waals surface area contributed by atoms with Crippen molar-refractivity contribution in [3.05, 3.63) is 65.5 Å². The Morgan fingerprint density at radius 3 is 2.89 bits per heavy atom. The van der Waals surface area contributed by atoms with Crippen LogP contribution in [0.5, 0.6) is 0 Å². The van der Waals surface area contributed by atoms with E-state index in [4.69, 9.17) is 5.10 Å². The van der Waals surface area contributed by atoms with E-state index in [0.717, 1.165) is 44.8 Å². The Morgan fingerprint density at radius 1 is 1.19 bits per heavy atom. The van der Waals surface area contributed by atoms with Gasteiger partial charge in [-0.15, -0.1) is 0 Å². The summed E-state index contributed by atoms with van der Waals surface area (Å²) in [6.07, 6.45) is 7.43. The summed E-state index contributed by atoms with van der Waals surface area (Å²) in [5, 5.41) is 8.59. The van der Waals surface area contributed by atoms with Crippen molar-refractivity contribution in [2.45, 2.75) is 31.8 Å². The number of hydrogen-bond donors (Lipinski definition) is 1. The van der Waals surface area contributed by atoms with Crippen molar-refractivity contribution < 1.29 is 0 Å². The summed E-state index contributed by atoms with van der Waals surface area (Å²) in [5.74, 6) is 1.13. The molecular formula is C21H26N6. The Labute approximate surface area is 159 Å². The zero-order valence-electron chi connectivity index (χ0n) is 15.8. The van der Waals surface area contributed by atoms with E-state index in [-0.39, 0.29) is 6.04 Å². The number of aromatic nitrogens is 4. The van der Waals surface area contributed by atoms with E-state index < -0.39 is 0 Å². The third-order valence-corrected chi connectivity index (χ3v) is 5.88.